The second kappa shape index (κ2) is 5.82. The first-order chi connectivity index (χ1) is 9.15. The highest BCUT2D eigenvalue weighted by Gasteiger charge is 2.09. The molecule has 1 N–H and O–H groups in total. The van der Waals surface area contributed by atoms with Gasteiger partial charge in [-0.3, -0.25) is 4.57 Å². The van der Waals surface area contributed by atoms with Crippen molar-refractivity contribution in [2.24, 2.45) is 0 Å². The maximum Gasteiger partial charge on any atom is 0.143 e. The van der Waals surface area contributed by atoms with Crippen molar-refractivity contribution in [1.29, 1.82) is 0 Å². The minimum Gasteiger partial charge on any atom is -0.370 e. The number of imidazole rings is 1. The van der Waals surface area contributed by atoms with Crippen LogP contribution in [0.5, 0.6) is 0 Å². The molecule has 0 unspecified atom stereocenters. The van der Waals surface area contributed by atoms with E-state index in [9.17, 15) is 0 Å². The first-order valence-corrected chi connectivity index (χ1v) is 6.78. The molecule has 5 heteroatoms. The molecule has 0 fully saturated rings. The Morgan fingerprint density at radius 3 is 2.58 bits per heavy atom. The molecule has 2 aromatic rings. The zero-order chi connectivity index (χ0) is 13.8. The highest BCUT2D eigenvalue weighted by Crippen LogP contribution is 2.15. The van der Waals surface area contributed by atoms with Crippen LogP contribution < -0.4 is 5.32 Å². The Balaban J connectivity index is 2.46. The van der Waals surface area contributed by atoms with Crippen molar-refractivity contribution in [2.45, 2.75) is 40.5 Å². The standard InChI is InChI=1S/C14H21N5/c1-5-7-12-17-13(15-6-2)8-14(18-12)19-9-16-10(3)11(19)4/h8-9H,5-7H2,1-4H3,(H,15,17,18). The van der Waals surface area contributed by atoms with E-state index < -0.39 is 0 Å². The molecule has 0 aliphatic carbocycles. The molecule has 5 nitrogen and oxygen atoms in total. The molecule has 102 valence electrons. The fourth-order valence-electron chi connectivity index (χ4n) is 1.94. The molecule has 2 rings (SSSR count). The SMILES string of the molecule is CCCc1nc(NCC)cc(-n2cnc(C)c2C)n1. The predicted octanol–water partition coefficient (Wildman–Crippen LogP) is 2.66. The van der Waals surface area contributed by atoms with Gasteiger partial charge in [-0.25, -0.2) is 15.0 Å². The van der Waals surface area contributed by atoms with E-state index in [0.717, 1.165) is 48.2 Å². The lowest BCUT2D eigenvalue weighted by Gasteiger charge is -2.10. The Labute approximate surface area is 114 Å². The van der Waals surface area contributed by atoms with Crippen LogP contribution in [0.25, 0.3) is 5.82 Å². The third-order valence-corrected chi connectivity index (χ3v) is 3.09. The van der Waals surface area contributed by atoms with Crippen LogP contribution in [0, 0.1) is 13.8 Å². The second-order valence-electron chi connectivity index (χ2n) is 4.59. The maximum absolute atomic E-state index is 4.62. The van der Waals surface area contributed by atoms with Gasteiger partial charge in [-0.05, 0) is 27.2 Å². The summed E-state index contributed by atoms with van der Waals surface area (Å²) in [6, 6.07) is 1.97. The molecule has 2 heterocycles. The van der Waals surface area contributed by atoms with Gasteiger partial charge in [0.1, 0.15) is 23.8 Å². The van der Waals surface area contributed by atoms with Crippen molar-refractivity contribution in [3.05, 3.63) is 29.6 Å². The lowest BCUT2D eigenvalue weighted by molar-refractivity contribution is 0.812. The zero-order valence-electron chi connectivity index (χ0n) is 12.1. The van der Waals surface area contributed by atoms with Crippen molar-refractivity contribution in [1.82, 2.24) is 19.5 Å². The molecule has 0 aliphatic rings. The van der Waals surface area contributed by atoms with Gasteiger partial charge in [-0.1, -0.05) is 6.92 Å². The number of hydrogen-bond acceptors (Lipinski definition) is 4. The molecule has 0 aliphatic heterocycles. The number of nitrogens with one attached hydrogen (secondary N) is 1. The summed E-state index contributed by atoms with van der Waals surface area (Å²) in [6.45, 7) is 9.11. The average Bonchev–Trinajstić information content (AvgIpc) is 2.71. The Hall–Kier alpha value is -1.91. The summed E-state index contributed by atoms with van der Waals surface area (Å²) in [5, 5.41) is 3.26. The van der Waals surface area contributed by atoms with Crippen molar-refractivity contribution in [3.63, 3.8) is 0 Å². The van der Waals surface area contributed by atoms with Crippen LogP contribution in [0.3, 0.4) is 0 Å². The van der Waals surface area contributed by atoms with Gasteiger partial charge in [0.15, 0.2) is 0 Å². The number of aromatic nitrogens is 4. The molecule has 0 amide bonds. The third-order valence-electron chi connectivity index (χ3n) is 3.09. The number of aryl methyl sites for hydroxylation is 2. The van der Waals surface area contributed by atoms with Gasteiger partial charge in [0.2, 0.25) is 0 Å². The lowest BCUT2D eigenvalue weighted by atomic mass is 10.3. The van der Waals surface area contributed by atoms with E-state index in [1.807, 2.05) is 23.9 Å². The quantitative estimate of drug-likeness (QED) is 0.897. The van der Waals surface area contributed by atoms with Crippen molar-refractivity contribution >= 4 is 5.82 Å². The number of rotatable bonds is 5. The number of nitrogens with zero attached hydrogens (tertiary/aromatic N) is 4. The van der Waals surface area contributed by atoms with Gasteiger partial charge in [-0.15, -0.1) is 0 Å². The van der Waals surface area contributed by atoms with E-state index in [4.69, 9.17) is 0 Å². The second-order valence-corrected chi connectivity index (χ2v) is 4.59. The number of hydrogen-bond donors (Lipinski definition) is 1. The molecule has 2 aromatic heterocycles. The van der Waals surface area contributed by atoms with Crippen LogP contribution in [-0.4, -0.2) is 26.1 Å². The summed E-state index contributed by atoms with van der Waals surface area (Å²) < 4.78 is 2.01. The summed E-state index contributed by atoms with van der Waals surface area (Å²) >= 11 is 0. The molecular weight excluding hydrogens is 238 g/mol. The smallest absolute Gasteiger partial charge is 0.143 e. The fourth-order valence-corrected chi connectivity index (χ4v) is 1.94. The average molecular weight is 259 g/mol. The molecular formula is C14H21N5. The van der Waals surface area contributed by atoms with Gasteiger partial charge in [0.05, 0.1) is 5.69 Å². The van der Waals surface area contributed by atoms with Gasteiger partial charge in [0.25, 0.3) is 0 Å². The van der Waals surface area contributed by atoms with Crippen LogP contribution >= 0.6 is 0 Å². The van der Waals surface area contributed by atoms with E-state index in [-0.39, 0.29) is 0 Å². The molecule has 0 radical (unpaired) electrons. The van der Waals surface area contributed by atoms with Gasteiger partial charge in [-0.2, -0.15) is 0 Å². The Morgan fingerprint density at radius 1 is 1.21 bits per heavy atom. The van der Waals surface area contributed by atoms with Crippen molar-refractivity contribution in [2.75, 3.05) is 11.9 Å². The Kier molecular flexibility index (Phi) is 4.14. The highest BCUT2D eigenvalue weighted by atomic mass is 15.1. The van der Waals surface area contributed by atoms with Crippen LogP contribution in [0.15, 0.2) is 12.4 Å². The minimum atomic E-state index is 0.851. The predicted molar refractivity (Wildman–Crippen MR) is 76.8 cm³/mol. The summed E-state index contributed by atoms with van der Waals surface area (Å²) in [5.74, 6) is 2.64. The van der Waals surface area contributed by atoms with Crippen LogP contribution in [0.2, 0.25) is 0 Å². The summed E-state index contributed by atoms with van der Waals surface area (Å²) in [7, 11) is 0. The van der Waals surface area contributed by atoms with Gasteiger partial charge in [0, 0.05) is 24.7 Å². The maximum atomic E-state index is 4.62. The van der Waals surface area contributed by atoms with Crippen molar-refractivity contribution < 1.29 is 0 Å². The summed E-state index contributed by atoms with van der Waals surface area (Å²) in [5.41, 5.74) is 2.14. The topological polar surface area (TPSA) is 55.6 Å². The first-order valence-electron chi connectivity index (χ1n) is 6.78. The van der Waals surface area contributed by atoms with Crippen molar-refractivity contribution in [3.8, 4) is 5.82 Å². The molecule has 0 spiro atoms. The lowest BCUT2D eigenvalue weighted by Crippen LogP contribution is -2.08. The van der Waals surface area contributed by atoms with E-state index in [2.05, 4.69) is 41.0 Å². The van der Waals surface area contributed by atoms with E-state index in [0.29, 0.717) is 0 Å². The van der Waals surface area contributed by atoms with Gasteiger partial charge >= 0.3 is 0 Å². The molecule has 0 saturated carbocycles. The summed E-state index contributed by atoms with van der Waals surface area (Å²) in [6.07, 6.45) is 3.74. The van der Waals surface area contributed by atoms with Crippen LogP contribution in [0.4, 0.5) is 5.82 Å². The van der Waals surface area contributed by atoms with Crippen LogP contribution in [0.1, 0.15) is 37.5 Å². The normalized spacial score (nSPS) is 10.7. The largest absolute Gasteiger partial charge is 0.370 e. The third kappa shape index (κ3) is 2.92. The Bertz CT molecular complexity index is 535. The molecule has 0 aromatic carbocycles. The molecule has 0 saturated heterocycles. The molecule has 0 bridgehead atoms. The molecule has 0 atom stereocenters. The Morgan fingerprint density at radius 2 is 2.00 bits per heavy atom. The van der Waals surface area contributed by atoms with Gasteiger partial charge < -0.3 is 5.32 Å². The fraction of sp³-hybridized carbons (Fsp3) is 0.500. The monoisotopic (exact) mass is 259 g/mol. The van der Waals surface area contributed by atoms with E-state index in [1.165, 1.54) is 0 Å². The summed E-state index contributed by atoms with van der Waals surface area (Å²) in [4.78, 5) is 13.5. The molecule has 19 heavy (non-hydrogen) atoms. The van der Waals surface area contributed by atoms with E-state index >= 15 is 0 Å². The van der Waals surface area contributed by atoms with E-state index in [1.54, 1.807) is 0 Å². The zero-order valence-corrected chi connectivity index (χ0v) is 12.1. The van der Waals surface area contributed by atoms with Crippen LogP contribution in [-0.2, 0) is 6.42 Å². The highest BCUT2D eigenvalue weighted by molar-refractivity contribution is 5.42. The number of anilines is 1. The minimum absolute atomic E-state index is 0.851. The first kappa shape index (κ1) is 13.5.